The van der Waals surface area contributed by atoms with Crippen molar-refractivity contribution in [3.05, 3.63) is 0 Å². The summed E-state index contributed by atoms with van der Waals surface area (Å²) in [5, 5.41) is 8.65. The summed E-state index contributed by atoms with van der Waals surface area (Å²) in [6.45, 7) is 5.01. The predicted molar refractivity (Wildman–Crippen MR) is 107 cm³/mol. The number of aliphatic hydroxyl groups excluding tert-OH is 1. The first-order chi connectivity index (χ1) is 15.6. The van der Waals surface area contributed by atoms with Crippen LogP contribution < -0.4 is 0 Å². The summed E-state index contributed by atoms with van der Waals surface area (Å²) in [4.78, 5) is 46.4. The SMILES string of the molecule is CC(=O)OC[C@H]1O[C@@H](OCCOCCOCCO)[C@H](OC(C)=O)[C@@H](OC(C)=O)[C@@H]1OC(C)=O. The number of rotatable bonds is 14. The Morgan fingerprint density at radius 1 is 0.697 bits per heavy atom. The Hall–Kier alpha value is -2.32. The van der Waals surface area contributed by atoms with Gasteiger partial charge in [0.1, 0.15) is 12.7 Å². The van der Waals surface area contributed by atoms with E-state index in [0.717, 1.165) is 20.8 Å². The van der Waals surface area contributed by atoms with Crippen LogP contribution in [-0.4, -0.2) is 106 Å². The predicted octanol–water partition coefficient (Wildman–Crippen LogP) is -0.888. The molecular formula is C20H32O13. The third-order valence-electron chi connectivity index (χ3n) is 4.07. The molecule has 0 aromatic carbocycles. The van der Waals surface area contributed by atoms with Crippen LogP contribution in [-0.2, 0) is 57.1 Å². The average molecular weight is 480 g/mol. The second kappa shape index (κ2) is 15.5. The number of aliphatic hydroxyl groups is 1. The molecule has 13 nitrogen and oxygen atoms in total. The molecule has 0 aromatic heterocycles. The van der Waals surface area contributed by atoms with E-state index in [2.05, 4.69) is 0 Å². The van der Waals surface area contributed by atoms with Crippen LogP contribution in [0, 0.1) is 0 Å². The summed E-state index contributed by atoms with van der Waals surface area (Å²) in [6.07, 6.45) is -6.14. The highest BCUT2D eigenvalue weighted by Gasteiger charge is 2.52. The third-order valence-corrected chi connectivity index (χ3v) is 4.07. The molecule has 1 fully saturated rings. The summed E-state index contributed by atoms with van der Waals surface area (Å²) in [5.74, 6) is -2.77. The van der Waals surface area contributed by atoms with Crippen molar-refractivity contribution in [3.63, 3.8) is 0 Å². The van der Waals surface area contributed by atoms with Crippen molar-refractivity contribution in [2.24, 2.45) is 0 Å². The molecule has 0 aliphatic carbocycles. The normalized spacial score (nSPS) is 24.6. The van der Waals surface area contributed by atoms with Crippen LogP contribution in [0.15, 0.2) is 0 Å². The lowest BCUT2D eigenvalue weighted by molar-refractivity contribution is -0.309. The molecule has 190 valence electrons. The Morgan fingerprint density at radius 2 is 1.21 bits per heavy atom. The Bertz CT molecular complexity index is 637. The lowest BCUT2D eigenvalue weighted by Gasteiger charge is -2.44. The molecule has 0 saturated carbocycles. The largest absolute Gasteiger partial charge is 0.463 e. The highest BCUT2D eigenvalue weighted by atomic mass is 16.7. The van der Waals surface area contributed by atoms with Crippen LogP contribution in [0.1, 0.15) is 27.7 Å². The van der Waals surface area contributed by atoms with Crippen LogP contribution >= 0.6 is 0 Å². The van der Waals surface area contributed by atoms with E-state index in [1.165, 1.54) is 6.92 Å². The van der Waals surface area contributed by atoms with Crippen molar-refractivity contribution in [2.45, 2.75) is 58.4 Å². The molecule has 0 unspecified atom stereocenters. The fourth-order valence-electron chi connectivity index (χ4n) is 2.93. The molecule has 0 radical (unpaired) electrons. The first-order valence-electron chi connectivity index (χ1n) is 10.3. The van der Waals surface area contributed by atoms with Gasteiger partial charge in [-0.1, -0.05) is 0 Å². The monoisotopic (exact) mass is 480 g/mol. The summed E-state index contributed by atoms with van der Waals surface area (Å²) in [6, 6.07) is 0. The van der Waals surface area contributed by atoms with Crippen molar-refractivity contribution in [1.82, 2.24) is 0 Å². The number of ether oxygens (including phenoxy) is 8. The molecule has 1 aliphatic rings. The molecule has 1 aliphatic heterocycles. The van der Waals surface area contributed by atoms with E-state index in [0.29, 0.717) is 0 Å². The molecule has 1 N–H and O–H groups in total. The van der Waals surface area contributed by atoms with Crippen molar-refractivity contribution in [3.8, 4) is 0 Å². The van der Waals surface area contributed by atoms with E-state index in [-0.39, 0.29) is 46.2 Å². The fourth-order valence-corrected chi connectivity index (χ4v) is 2.93. The Labute approximate surface area is 191 Å². The maximum absolute atomic E-state index is 11.7. The van der Waals surface area contributed by atoms with Crippen LogP contribution in [0.2, 0.25) is 0 Å². The average Bonchev–Trinajstić information content (AvgIpc) is 2.71. The second-order valence-electron chi connectivity index (χ2n) is 6.89. The number of esters is 4. The molecule has 13 heteroatoms. The van der Waals surface area contributed by atoms with Gasteiger partial charge in [0.2, 0.25) is 0 Å². The van der Waals surface area contributed by atoms with E-state index in [1.807, 2.05) is 0 Å². The minimum atomic E-state index is -1.29. The first-order valence-corrected chi connectivity index (χ1v) is 10.3. The van der Waals surface area contributed by atoms with Gasteiger partial charge in [-0.2, -0.15) is 0 Å². The highest BCUT2D eigenvalue weighted by Crippen LogP contribution is 2.29. The lowest BCUT2D eigenvalue weighted by Crippen LogP contribution is -2.63. The Morgan fingerprint density at radius 3 is 1.76 bits per heavy atom. The van der Waals surface area contributed by atoms with Gasteiger partial charge in [-0.05, 0) is 0 Å². The van der Waals surface area contributed by atoms with Crippen molar-refractivity contribution in [1.29, 1.82) is 0 Å². The van der Waals surface area contributed by atoms with E-state index in [4.69, 9.17) is 43.0 Å². The van der Waals surface area contributed by atoms with Crippen LogP contribution in [0.25, 0.3) is 0 Å². The van der Waals surface area contributed by atoms with Gasteiger partial charge >= 0.3 is 23.9 Å². The zero-order valence-corrected chi connectivity index (χ0v) is 19.2. The number of carbonyl (C=O) groups excluding carboxylic acids is 4. The summed E-state index contributed by atoms with van der Waals surface area (Å²) >= 11 is 0. The minimum Gasteiger partial charge on any atom is -0.463 e. The standard InChI is InChI=1S/C20H32O13/c1-12(22)29-11-16-17(30-13(2)23)18(31-14(3)24)19(32-15(4)25)20(33-16)28-10-9-27-8-7-26-6-5-21/h16-21H,5-11H2,1-4H3/t16-,17-,18+,19-,20-/m1/s1. The van der Waals surface area contributed by atoms with Crippen LogP contribution in [0.4, 0.5) is 0 Å². The Kier molecular flexibility index (Phi) is 13.5. The van der Waals surface area contributed by atoms with Crippen LogP contribution in [0.3, 0.4) is 0 Å². The van der Waals surface area contributed by atoms with E-state index >= 15 is 0 Å². The molecule has 1 saturated heterocycles. The molecular weight excluding hydrogens is 448 g/mol. The number of carbonyl (C=O) groups is 4. The van der Waals surface area contributed by atoms with Crippen molar-refractivity contribution >= 4 is 23.9 Å². The number of hydrogen-bond donors (Lipinski definition) is 1. The smallest absolute Gasteiger partial charge is 0.303 e. The van der Waals surface area contributed by atoms with Gasteiger partial charge in [0.25, 0.3) is 0 Å². The first kappa shape index (κ1) is 28.7. The van der Waals surface area contributed by atoms with E-state index < -0.39 is 54.6 Å². The second-order valence-corrected chi connectivity index (χ2v) is 6.89. The third kappa shape index (κ3) is 11.4. The molecule has 0 aromatic rings. The van der Waals surface area contributed by atoms with Gasteiger partial charge in [-0.3, -0.25) is 19.2 Å². The van der Waals surface area contributed by atoms with Crippen molar-refractivity contribution < 1.29 is 62.2 Å². The van der Waals surface area contributed by atoms with E-state index in [9.17, 15) is 19.2 Å². The zero-order valence-electron chi connectivity index (χ0n) is 19.2. The summed E-state index contributed by atoms with van der Waals surface area (Å²) < 4.78 is 42.7. The molecule has 5 atom stereocenters. The summed E-state index contributed by atoms with van der Waals surface area (Å²) in [5.41, 5.74) is 0. The quantitative estimate of drug-likeness (QED) is 0.185. The van der Waals surface area contributed by atoms with Gasteiger partial charge in [0.15, 0.2) is 24.6 Å². The summed E-state index contributed by atoms with van der Waals surface area (Å²) in [7, 11) is 0. The highest BCUT2D eigenvalue weighted by molar-refractivity contribution is 5.68. The lowest BCUT2D eigenvalue weighted by atomic mass is 9.98. The zero-order chi connectivity index (χ0) is 24.8. The molecule has 0 spiro atoms. The maximum atomic E-state index is 11.7. The minimum absolute atomic E-state index is 0.00621. The van der Waals surface area contributed by atoms with Gasteiger partial charge in [-0.15, -0.1) is 0 Å². The molecule has 0 bridgehead atoms. The van der Waals surface area contributed by atoms with Gasteiger partial charge in [0.05, 0.1) is 39.6 Å². The molecule has 0 amide bonds. The molecule has 33 heavy (non-hydrogen) atoms. The van der Waals surface area contributed by atoms with Crippen LogP contribution in [0.5, 0.6) is 0 Å². The Balaban J connectivity index is 2.95. The fraction of sp³-hybridized carbons (Fsp3) is 0.800. The van der Waals surface area contributed by atoms with Gasteiger partial charge in [0, 0.05) is 27.7 Å². The number of hydrogen-bond acceptors (Lipinski definition) is 13. The van der Waals surface area contributed by atoms with Gasteiger partial charge < -0.3 is 43.0 Å². The van der Waals surface area contributed by atoms with Crippen molar-refractivity contribution in [2.75, 3.05) is 46.2 Å². The molecule has 1 heterocycles. The topological polar surface area (TPSA) is 162 Å². The van der Waals surface area contributed by atoms with E-state index in [1.54, 1.807) is 0 Å². The van der Waals surface area contributed by atoms with Gasteiger partial charge in [-0.25, -0.2) is 0 Å². The molecule has 1 rings (SSSR count). The maximum Gasteiger partial charge on any atom is 0.303 e.